The highest BCUT2D eigenvalue weighted by Crippen LogP contribution is 2.40. The van der Waals surface area contributed by atoms with Gasteiger partial charge in [0.05, 0.1) is 0 Å². The molecule has 2 saturated carbocycles. The molecule has 0 N–H and O–H groups in total. The summed E-state index contributed by atoms with van der Waals surface area (Å²) < 4.78 is 0. The predicted molar refractivity (Wildman–Crippen MR) is 78.8 cm³/mol. The van der Waals surface area contributed by atoms with E-state index < -0.39 is 0 Å². The number of benzene rings is 1. The van der Waals surface area contributed by atoms with Crippen molar-refractivity contribution in [2.24, 2.45) is 11.8 Å². The number of allylic oxidation sites excluding steroid dienone is 1. The molecule has 0 bridgehead atoms. The number of aryl methyl sites for hydroxylation is 1. The minimum absolute atomic E-state index is 0.331. The summed E-state index contributed by atoms with van der Waals surface area (Å²) in [7, 11) is 0. The van der Waals surface area contributed by atoms with Gasteiger partial charge < -0.3 is 0 Å². The lowest BCUT2D eigenvalue weighted by atomic mass is 9.88. The summed E-state index contributed by atoms with van der Waals surface area (Å²) in [6, 6.07) is 8.32. The fourth-order valence-electron chi connectivity index (χ4n) is 3.69. The van der Waals surface area contributed by atoms with Gasteiger partial charge in [-0.05, 0) is 61.3 Å². The molecule has 0 radical (unpaired) electrons. The Balaban J connectivity index is 1.80. The molecule has 0 amide bonds. The van der Waals surface area contributed by atoms with Crippen LogP contribution in [0.15, 0.2) is 29.8 Å². The molecule has 1 unspecified atom stereocenters. The van der Waals surface area contributed by atoms with Crippen LogP contribution in [0.5, 0.6) is 0 Å². The highest BCUT2D eigenvalue weighted by Gasteiger charge is 2.36. The van der Waals surface area contributed by atoms with Crippen molar-refractivity contribution in [3.05, 3.63) is 41.0 Å². The molecule has 19 heavy (non-hydrogen) atoms. The molecule has 0 saturated heterocycles. The summed E-state index contributed by atoms with van der Waals surface area (Å²) in [6.07, 6.45) is 9.39. The molecule has 1 aromatic rings. The average molecular weight is 254 g/mol. The third-order valence-electron chi connectivity index (χ3n) is 4.86. The summed E-state index contributed by atoms with van der Waals surface area (Å²) in [5, 5.41) is 0. The molecule has 0 aliphatic heterocycles. The Kier molecular flexibility index (Phi) is 3.54. The van der Waals surface area contributed by atoms with Crippen LogP contribution in [0, 0.1) is 18.8 Å². The zero-order valence-electron chi connectivity index (χ0n) is 11.7. The number of rotatable bonds is 2. The van der Waals surface area contributed by atoms with E-state index >= 15 is 0 Å². The molecule has 2 aliphatic carbocycles. The number of hydrogen-bond donors (Lipinski definition) is 0. The van der Waals surface area contributed by atoms with Gasteiger partial charge in [0.2, 0.25) is 0 Å². The largest absolute Gasteiger partial charge is 0.294 e. The van der Waals surface area contributed by atoms with E-state index in [1.807, 2.05) is 6.07 Å². The quantitative estimate of drug-likeness (QED) is 0.708. The summed E-state index contributed by atoms with van der Waals surface area (Å²) in [4.78, 5) is 12.5. The third-order valence-corrected chi connectivity index (χ3v) is 4.86. The van der Waals surface area contributed by atoms with Crippen LogP contribution in [0.3, 0.4) is 0 Å². The number of carbonyl (C=O) groups excluding carboxylic acids is 1. The molecular formula is C18H22O. The first-order valence-electron chi connectivity index (χ1n) is 7.56. The first-order chi connectivity index (χ1) is 9.25. The smallest absolute Gasteiger partial charge is 0.162 e. The van der Waals surface area contributed by atoms with E-state index in [2.05, 4.69) is 31.2 Å². The van der Waals surface area contributed by atoms with Crippen molar-refractivity contribution in [2.75, 3.05) is 0 Å². The second-order valence-corrected chi connectivity index (χ2v) is 6.08. The third kappa shape index (κ3) is 2.51. The first kappa shape index (κ1) is 12.7. The number of hydrogen-bond acceptors (Lipinski definition) is 1. The number of ketones is 1. The fourth-order valence-corrected chi connectivity index (χ4v) is 3.69. The van der Waals surface area contributed by atoms with Crippen LogP contribution in [0.1, 0.15) is 49.7 Å². The zero-order chi connectivity index (χ0) is 13.2. The van der Waals surface area contributed by atoms with Gasteiger partial charge in [-0.15, -0.1) is 0 Å². The predicted octanol–water partition coefficient (Wildman–Crippen LogP) is 4.55. The van der Waals surface area contributed by atoms with E-state index in [1.165, 1.54) is 36.8 Å². The number of carbonyl (C=O) groups is 1. The van der Waals surface area contributed by atoms with Crippen LogP contribution >= 0.6 is 0 Å². The van der Waals surface area contributed by atoms with Crippen LogP contribution in [-0.4, -0.2) is 5.78 Å². The van der Waals surface area contributed by atoms with E-state index in [4.69, 9.17) is 0 Å². The molecule has 2 aliphatic rings. The fraction of sp³-hybridized carbons (Fsp3) is 0.500. The van der Waals surface area contributed by atoms with Crippen molar-refractivity contribution >= 4 is 11.9 Å². The average Bonchev–Trinajstić information content (AvgIpc) is 3.03. The van der Waals surface area contributed by atoms with Crippen LogP contribution in [-0.2, 0) is 4.79 Å². The maximum absolute atomic E-state index is 12.5. The zero-order valence-corrected chi connectivity index (χ0v) is 11.7. The number of Topliss-reactive ketones (excluding diaryl/α,β-unsaturated/α-hetero) is 1. The topological polar surface area (TPSA) is 17.1 Å². The van der Waals surface area contributed by atoms with Gasteiger partial charge in [0.1, 0.15) is 0 Å². The molecule has 0 aromatic heterocycles. The van der Waals surface area contributed by atoms with E-state index in [9.17, 15) is 4.79 Å². The Hall–Kier alpha value is -1.37. The maximum atomic E-state index is 12.5. The Bertz CT molecular complexity index is 506. The van der Waals surface area contributed by atoms with Gasteiger partial charge in [0.25, 0.3) is 0 Å². The summed E-state index contributed by atoms with van der Waals surface area (Å²) in [5.41, 5.74) is 3.52. The molecule has 1 heteroatoms. The Labute approximate surface area is 115 Å². The Morgan fingerprint density at radius 3 is 2.58 bits per heavy atom. The van der Waals surface area contributed by atoms with Gasteiger partial charge in [-0.25, -0.2) is 0 Å². The van der Waals surface area contributed by atoms with E-state index in [1.54, 1.807) is 0 Å². The molecule has 3 rings (SSSR count). The second-order valence-electron chi connectivity index (χ2n) is 6.08. The standard InChI is InChI=1S/C18H22O/c1-13-6-2-3-9-15(13)12-16-10-11-17(18(16)19)14-7-4-5-8-14/h2-3,6,9,12,14,17H,4-5,7-8,10-11H2,1H3/b16-12+. The van der Waals surface area contributed by atoms with Crippen molar-refractivity contribution in [2.45, 2.75) is 45.4 Å². The first-order valence-corrected chi connectivity index (χ1v) is 7.56. The van der Waals surface area contributed by atoms with Gasteiger partial charge in [0.15, 0.2) is 5.78 Å². The lowest BCUT2D eigenvalue weighted by Crippen LogP contribution is -2.16. The lowest BCUT2D eigenvalue weighted by Gasteiger charge is -2.15. The maximum Gasteiger partial charge on any atom is 0.162 e. The molecule has 1 aromatic carbocycles. The van der Waals surface area contributed by atoms with E-state index in [0.29, 0.717) is 17.6 Å². The summed E-state index contributed by atoms with van der Waals surface area (Å²) in [6.45, 7) is 2.11. The van der Waals surface area contributed by atoms with Crippen molar-refractivity contribution in [3.8, 4) is 0 Å². The molecule has 0 heterocycles. The molecule has 1 atom stereocenters. The van der Waals surface area contributed by atoms with Crippen LogP contribution in [0.4, 0.5) is 0 Å². The molecule has 2 fully saturated rings. The van der Waals surface area contributed by atoms with Gasteiger partial charge in [-0.3, -0.25) is 4.79 Å². The highest BCUT2D eigenvalue weighted by atomic mass is 16.1. The monoisotopic (exact) mass is 254 g/mol. The molecule has 100 valence electrons. The van der Waals surface area contributed by atoms with E-state index in [-0.39, 0.29) is 0 Å². The van der Waals surface area contributed by atoms with Crippen molar-refractivity contribution in [1.29, 1.82) is 0 Å². The van der Waals surface area contributed by atoms with Gasteiger partial charge in [-0.2, -0.15) is 0 Å². The van der Waals surface area contributed by atoms with Gasteiger partial charge >= 0.3 is 0 Å². The molecule has 1 nitrogen and oxygen atoms in total. The van der Waals surface area contributed by atoms with Crippen LogP contribution < -0.4 is 0 Å². The van der Waals surface area contributed by atoms with Gasteiger partial charge in [-0.1, -0.05) is 37.1 Å². The Morgan fingerprint density at radius 1 is 1.11 bits per heavy atom. The highest BCUT2D eigenvalue weighted by molar-refractivity contribution is 6.03. The molecular weight excluding hydrogens is 232 g/mol. The van der Waals surface area contributed by atoms with Crippen LogP contribution in [0.25, 0.3) is 6.08 Å². The lowest BCUT2D eigenvalue weighted by molar-refractivity contribution is -0.119. The summed E-state index contributed by atoms with van der Waals surface area (Å²) in [5.74, 6) is 1.45. The SMILES string of the molecule is Cc1ccccc1/C=C1\CCC(C2CCCC2)C1=O. The Morgan fingerprint density at radius 2 is 1.84 bits per heavy atom. The van der Waals surface area contributed by atoms with Crippen molar-refractivity contribution in [1.82, 2.24) is 0 Å². The van der Waals surface area contributed by atoms with Crippen molar-refractivity contribution in [3.63, 3.8) is 0 Å². The van der Waals surface area contributed by atoms with Crippen LogP contribution in [0.2, 0.25) is 0 Å². The molecule has 0 spiro atoms. The normalized spacial score (nSPS) is 26.5. The minimum Gasteiger partial charge on any atom is -0.294 e. The second kappa shape index (κ2) is 5.32. The van der Waals surface area contributed by atoms with E-state index in [0.717, 1.165) is 18.4 Å². The van der Waals surface area contributed by atoms with Crippen molar-refractivity contribution < 1.29 is 4.79 Å². The van der Waals surface area contributed by atoms with Gasteiger partial charge in [0, 0.05) is 5.92 Å². The minimum atomic E-state index is 0.331. The summed E-state index contributed by atoms with van der Waals surface area (Å²) >= 11 is 0.